The van der Waals surface area contributed by atoms with Crippen molar-refractivity contribution >= 4 is 45.3 Å². The highest BCUT2D eigenvalue weighted by Gasteiger charge is 2.47. The van der Waals surface area contributed by atoms with Gasteiger partial charge in [-0.05, 0) is 40.8 Å². The zero-order valence-electron chi connectivity index (χ0n) is 13.4. The van der Waals surface area contributed by atoms with E-state index >= 15 is 0 Å². The highest BCUT2D eigenvalue weighted by Crippen LogP contribution is 2.31. The summed E-state index contributed by atoms with van der Waals surface area (Å²) >= 11 is 2.13. The molecule has 1 saturated heterocycles. The molecule has 6 nitrogen and oxygen atoms in total. The van der Waals surface area contributed by atoms with Crippen LogP contribution in [0.4, 0.5) is 8.78 Å². The third-order valence-corrected chi connectivity index (χ3v) is 4.76. The first kappa shape index (κ1) is 18.4. The van der Waals surface area contributed by atoms with Crippen molar-refractivity contribution < 1.29 is 18.4 Å². The van der Waals surface area contributed by atoms with Crippen molar-refractivity contribution in [3.8, 4) is 6.07 Å². The second-order valence-corrected chi connectivity index (χ2v) is 7.17. The summed E-state index contributed by atoms with van der Waals surface area (Å²) in [4.78, 5) is 29.6. The number of nitriles is 1. The van der Waals surface area contributed by atoms with Crippen LogP contribution in [0, 0.1) is 14.9 Å². The van der Waals surface area contributed by atoms with E-state index in [9.17, 15) is 18.4 Å². The predicted molar refractivity (Wildman–Crippen MR) is 97.5 cm³/mol. The molecule has 1 aliphatic rings. The summed E-state index contributed by atoms with van der Waals surface area (Å²) in [7, 11) is 0. The third kappa shape index (κ3) is 3.75. The number of carbonyl (C=O) groups is 2. The Hall–Kier alpha value is -2.35. The van der Waals surface area contributed by atoms with Crippen molar-refractivity contribution in [3.63, 3.8) is 0 Å². The number of nitrogens with zero attached hydrogens (tertiary/aromatic N) is 3. The topological polar surface area (TPSA) is 86.1 Å². The number of carbonyl (C=O) groups excluding carboxylic acids is 2. The van der Waals surface area contributed by atoms with Crippen LogP contribution in [0.3, 0.4) is 0 Å². The van der Waals surface area contributed by atoms with Crippen LogP contribution in [-0.4, -0.2) is 46.8 Å². The largest absolute Gasteiger partial charge is 0.343 e. The summed E-state index contributed by atoms with van der Waals surface area (Å²) in [6.07, 6.45) is 0.804. The van der Waals surface area contributed by atoms with Crippen molar-refractivity contribution in [2.45, 2.75) is 18.4 Å². The molecular formula is C17H13F2IN4O2. The van der Waals surface area contributed by atoms with Gasteiger partial charge < -0.3 is 10.2 Å². The van der Waals surface area contributed by atoms with Gasteiger partial charge in [0.15, 0.2) is 0 Å². The molecule has 9 heteroatoms. The van der Waals surface area contributed by atoms with E-state index in [1.807, 2.05) is 12.1 Å². The maximum absolute atomic E-state index is 13.4. The Labute approximate surface area is 161 Å². The predicted octanol–water partition coefficient (Wildman–Crippen LogP) is 2.33. The fourth-order valence-electron chi connectivity index (χ4n) is 2.87. The van der Waals surface area contributed by atoms with Gasteiger partial charge in [-0.15, -0.1) is 0 Å². The van der Waals surface area contributed by atoms with Crippen LogP contribution in [0.25, 0.3) is 10.9 Å². The van der Waals surface area contributed by atoms with Crippen molar-refractivity contribution in [3.05, 3.63) is 39.6 Å². The summed E-state index contributed by atoms with van der Waals surface area (Å²) in [5.41, 5.74) is 0.974. The number of pyridine rings is 1. The SMILES string of the molecule is N#CC1CC(F)(F)CN1C(=O)CNC(=O)c1ccnc2cc(I)ccc12. The van der Waals surface area contributed by atoms with Crippen LogP contribution in [0.2, 0.25) is 0 Å². The van der Waals surface area contributed by atoms with E-state index in [0.29, 0.717) is 16.5 Å². The molecule has 0 bridgehead atoms. The van der Waals surface area contributed by atoms with Gasteiger partial charge in [0.25, 0.3) is 11.8 Å². The first-order valence-electron chi connectivity index (χ1n) is 7.70. The average molecular weight is 470 g/mol. The fraction of sp³-hybridized carbons (Fsp3) is 0.294. The number of likely N-dealkylation sites (tertiary alicyclic amines) is 1. The molecule has 1 aromatic carbocycles. The summed E-state index contributed by atoms with van der Waals surface area (Å²) in [5.74, 6) is -4.31. The van der Waals surface area contributed by atoms with E-state index in [4.69, 9.17) is 5.26 Å². The van der Waals surface area contributed by atoms with Gasteiger partial charge >= 0.3 is 0 Å². The molecule has 2 aromatic rings. The number of benzene rings is 1. The second kappa shape index (κ2) is 7.11. The van der Waals surface area contributed by atoms with Gasteiger partial charge in [-0.2, -0.15) is 5.26 Å². The second-order valence-electron chi connectivity index (χ2n) is 5.93. The molecule has 0 saturated carbocycles. The van der Waals surface area contributed by atoms with Gasteiger partial charge in [0.1, 0.15) is 6.04 Å². The number of amides is 2. The Kier molecular flexibility index (Phi) is 5.04. The van der Waals surface area contributed by atoms with Crippen molar-refractivity contribution in [1.29, 1.82) is 5.26 Å². The molecule has 3 rings (SSSR count). The van der Waals surface area contributed by atoms with E-state index in [1.165, 1.54) is 12.3 Å². The zero-order chi connectivity index (χ0) is 18.9. The number of halogens is 3. The number of rotatable bonds is 3. The first-order chi connectivity index (χ1) is 12.3. The van der Waals surface area contributed by atoms with Crippen LogP contribution in [0.5, 0.6) is 0 Å². The maximum Gasteiger partial charge on any atom is 0.268 e. The van der Waals surface area contributed by atoms with Crippen LogP contribution in [0.15, 0.2) is 30.5 Å². The minimum atomic E-state index is -3.08. The highest BCUT2D eigenvalue weighted by molar-refractivity contribution is 14.1. The molecule has 1 unspecified atom stereocenters. The van der Waals surface area contributed by atoms with E-state index in [2.05, 4.69) is 32.9 Å². The molecule has 2 amide bonds. The molecule has 1 aromatic heterocycles. The van der Waals surface area contributed by atoms with E-state index < -0.39 is 43.3 Å². The highest BCUT2D eigenvalue weighted by atomic mass is 127. The Morgan fingerprint density at radius 1 is 1.42 bits per heavy atom. The quantitative estimate of drug-likeness (QED) is 0.699. The lowest BCUT2D eigenvalue weighted by Gasteiger charge is -2.19. The number of alkyl halides is 2. The Balaban J connectivity index is 1.72. The molecule has 1 N–H and O–H groups in total. The number of fused-ring (bicyclic) bond motifs is 1. The van der Waals surface area contributed by atoms with Crippen molar-refractivity contribution in [1.82, 2.24) is 15.2 Å². The summed E-state index contributed by atoms with van der Waals surface area (Å²) in [5, 5.41) is 12.0. The summed E-state index contributed by atoms with van der Waals surface area (Å²) in [6.45, 7) is -1.27. The minimum absolute atomic E-state index is 0.336. The molecule has 1 aliphatic heterocycles. The Morgan fingerprint density at radius 3 is 2.92 bits per heavy atom. The number of nitrogens with one attached hydrogen (secondary N) is 1. The summed E-state index contributed by atoms with van der Waals surface area (Å²) < 4.78 is 27.8. The Bertz CT molecular complexity index is 929. The lowest BCUT2D eigenvalue weighted by molar-refractivity contribution is -0.131. The van der Waals surface area contributed by atoms with Gasteiger partial charge in [-0.1, -0.05) is 6.07 Å². The smallest absolute Gasteiger partial charge is 0.268 e. The normalized spacial score (nSPS) is 18.5. The fourth-order valence-corrected chi connectivity index (χ4v) is 3.34. The van der Waals surface area contributed by atoms with Gasteiger partial charge in [0.05, 0.1) is 30.2 Å². The Morgan fingerprint density at radius 2 is 2.19 bits per heavy atom. The number of aromatic nitrogens is 1. The zero-order valence-corrected chi connectivity index (χ0v) is 15.5. The lowest BCUT2D eigenvalue weighted by atomic mass is 10.1. The van der Waals surface area contributed by atoms with Gasteiger partial charge in [0.2, 0.25) is 5.91 Å². The van der Waals surface area contributed by atoms with Gasteiger partial charge in [-0.25, -0.2) is 8.78 Å². The molecule has 26 heavy (non-hydrogen) atoms. The first-order valence-corrected chi connectivity index (χ1v) is 8.78. The van der Waals surface area contributed by atoms with Crippen molar-refractivity contribution in [2.75, 3.05) is 13.1 Å². The van der Waals surface area contributed by atoms with Crippen LogP contribution in [-0.2, 0) is 4.79 Å². The third-order valence-electron chi connectivity index (χ3n) is 4.09. The van der Waals surface area contributed by atoms with Gasteiger partial charge in [-0.3, -0.25) is 14.6 Å². The number of hydrogen-bond donors (Lipinski definition) is 1. The van der Waals surface area contributed by atoms with Gasteiger partial charge in [0, 0.05) is 21.6 Å². The standard InChI is InChI=1S/C17H13F2IN4O2/c18-17(19)6-11(7-21)24(9-17)15(25)8-23-16(26)13-3-4-22-14-5-10(20)1-2-12(13)14/h1-5,11H,6,8-9H2,(H,23,26). The van der Waals surface area contributed by atoms with Crippen LogP contribution in [0.1, 0.15) is 16.8 Å². The van der Waals surface area contributed by atoms with E-state index in [0.717, 1.165) is 8.47 Å². The molecule has 0 radical (unpaired) electrons. The van der Waals surface area contributed by atoms with E-state index in [-0.39, 0.29) is 0 Å². The maximum atomic E-state index is 13.4. The van der Waals surface area contributed by atoms with E-state index in [1.54, 1.807) is 12.1 Å². The van der Waals surface area contributed by atoms with Crippen LogP contribution < -0.4 is 5.32 Å². The molecule has 2 heterocycles. The molecule has 0 aliphatic carbocycles. The number of hydrogen-bond acceptors (Lipinski definition) is 4. The monoisotopic (exact) mass is 470 g/mol. The lowest BCUT2D eigenvalue weighted by Crippen LogP contribution is -2.43. The molecule has 134 valence electrons. The molecule has 0 spiro atoms. The average Bonchev–Trinajstić information content (AvgIpc) is 2.93. The molecule has 1 fully saturated rings. The molecular weight excluding hydrogens is 457 g/mol. The van der Waals surface area contributed by atoms with Crippen molar-refractivity contribution in [2.24, 2.45) is 0 Å². The van der Waals surface area contributed by atoms with Crippen LogP contribution >= 0.6 is 22.6 Å². The minimum Gasteiger partial charge on any atom is -0.343 e. The molecule has 1 atom stereocenters. The summed E-state index contributed by atoms with van der Waals surface area (Å²) in [6, 6.07) is 7.45.